The summed E-state index contributed by atoms with van der Waals surface area (Å²) in [5.41, 5.74) is 1.62. The van der Waals surface area contributed by atoms with Crippen molar-refractivity contribution in [2.75, 3.05) is 6.61 Å². The largest absolute Gasteiger partial charge is 0.484 e. The Morgan fingerprint density at radius 2 is 1.94 bits per heavy atom. The molecule has 1 aromatic heterocycles. The molecule has 0 unspecified atom stereocenters. The first-order valence-corrected chi connectivity index (χ1v) is 11.0. The Labute approximate surface area is 192 Å². The van der Waals surface area contributed by atoms with E-state index in [0.717, 1.165) is 24.0 Å². The molecule has 3 aliphatic rings. The van der Waals surface area contributed by atoms with E-state index in [4.69, 9.17) is 21.6 Å². The number of hydrogen-bond donors (Lipinski definition) is 2. The number of hydrogen-bond acceptors (Lipinski definition) is 5. The Morgan fingerprint density at radius 1 is 1.19 bits per heavy atom. The van der Waals surface area contributed by atoms with Gasteiger partial charge in [0.25, 0.3) is 11.8 Å². The van der Waals surface area contributed by atoms with Crippen LogP contribution in [0.25, 0.3) is 0 Å². The van der Waals surface area contributed by atoms with Gasteiger partial charge >= 0.3 is 0 Å². The van der Waals surface area contributed by atoms with Crippen LogP contribution in [0.15, 0.2) is 36.5 Å². The first-order chi connectivity index (χ1) is 15.3. The second kappa shape index (κ2) is 8.79. The Balaban J connectivity index is 1.26. The maximum absolute atomic E-state index is 12.7. The summed E-state index contributed by atoms with van der Waals surface area (Å²) >= 11 is 6.01. The number of pyridine rings is 1. The Bertz CT molecular complexity index is 1070. The lowest BCUT2D eigenvalue weighted by Crippen LogP contribution is -2.65. The average molecular weight is 453 g/mol. The number of aryl methyl sites for hydroxylation is 2. The number of carbonyl (C=O) groups is 2. The molecule has 0 radical (unpaired) electrons. The van der Waals surface area contributed by atoms with Gasteiger partial charge in [0.2, 0.25) is 0 Å². The van der Waals surface area contributed by atoms with Crippen LogP contribution in [0.5, 0.6) is 5.75 Å². The molecule has 8 heteroatoms. The van der Waals surface area contributed by atoms with Crippen LogP contribution in [0.3, 0.4) is 0 Å². The van der Waals surface area contributed by atoms with Crippen molar-refractivity contribution in [3.63, 3.8) is 0 Å². The maximum atomic E-state index is 12.7. The van der Waals surface area contributed by atoms with Crippen LogP contribution < -0.4 is 15.4 Å². The number of nitrogens with zero attached hydrogens (tertiary/aromatic N) is 2. The minimum atomic E-state index is -0.292. The van der Waals surface area contributed by atoms with Gasteiger partial charge in [-0.05, 0) is 74.4 Å². The molecule has 3 aliphatic carbocycles. The van der Waals surface area contributed by atoms with Crippen LogP contribution in [-0.4, -0.2) is 34.5 Å². The van der Waals surface area contributed by atoms with Crippen LogP contribution in [0, 0.1) is 18.3 Å². The second-order valence-corrected chi connectivity index (χ2v) is 9.23. The molecule has 166 valence electrons. The Morgan fingerprint density at radius 3 is 2.59 bits per heavy atom. The number of aromatic nitrogens is 1. The fourth-order valence-electron chi connectivity index (χ4n) is 4.78. The zero-order valence-corrected chi connectivity index (χ0v) is 18.7. The fourth-order valence-corrected chi connectivity index (χ4v) is 4.89. The highest BCUT2D eigenvalue weighted by Gasteiger charge is 2.62. The summed E-state index contributed by atoms with van der Waals surface area (Å²) in [6.07, 6.45) is 5.74. The molecule has 5 rings (SSSR count). The van der Waals surface area contributed by atoms with Crippen molar-refractivity contribution in [1.29, 1.82) is 5.26 Å². The lowest BCUT2D eigenvalue weighted by atomic mass is 9.71. The zero-order chi connectivity index (χ0) is 22.8. The van der Waals surface area contributed by atoms with Gasteiger partial charge in [0.15, 0.2) is 6.61 Å². The monoisotopic (exact) mass is 452 g/mol. The normalized spacial score (nSPS) is 23.0. The van der Waals surface area contributed by atoms with Crippen LogP contribution in [0.4, 0.5) is 0 Å². The number of benzene rings is 1. The van der Waals surface area contributed by atoms with E-state index < -0.39 is 0 Å². The van der Waals surface area contributed by atoms with Crippen molar-refractivity contribution in [1.82, 2.24) is 15.6 Å². The van der Waals surface area contributed by atoms with Gasteiger partial charge in [-0.2, -0.15) is 5.26 Å². The predicted octanol–water partition coefficient (Wildman–Crippen LogP) is 3.49. The van der Waals surface area contributed by atoms with Crippen LogP contribution in [0.1, 0.15) is 53.7 Å². The zero-order valence-electron chi connectivity index (χ0n) is 17.9. The number of nitriles is 1. The van der Waals surface area contributed by atoms with Crippen molar-refractivity contribution in [3.8, 4) is 11.8 Å². The van der Waals surface area contributed by atoms with Crippen LogP contribution in [0.2, 0.25) is 5.02 Å². The first-order valence-electron chi connectivity index (χ1n) is 10.7. The number of amides is 2. The summed E-state index contributed by atoms with van der Waals surface area (Å²) in [4.78, 5) is 29.3. The van der Waals surface area contributed by atoms with E-state index in [1.54, 1.807) is 30.5 Å². The number of ether oxygens (including phenoxy) is 1. The second-order valence-electron chi connectivity index (χ2n) is 8.83. The maximum Gasteiger partial charge on any atom is 0.270 e. The van der Waals surface area contributed by atoms with Crippen LogP contribution in [-0.2, 0) is 11.2 Å². The van der Waals surface area contributed by atoms with Crippen LogP contribution >= 0.6 is 11.6 Å². The van der Waals surface area contributed by atoms with Gasteiger partial charge in [-0.15, -0.1) is 0 Å². The van der Waals surface area contributed by atoms with E-state index in [2.05, 4.69) is 21.7 Å². The van der Waals surface area contributed by atoms with Gasteiger partial charge in [0, 0.05) is 28.7 Å². The van der Waals surface area contributed by atoms with Gasteiger partial charge < -0.3 is 15.4 Å². The first kappa shape index (κ1) is 22.1. The third-order valence-corrected chi connectivity index (χ3v) is 6.73. The standard InChI is InChI=1S/C24H25ClN4O3/c1-16-11-18(5-6-19(16)25)32-13-21(30)28-23-8-9-24(14-23,15-23)29-22(31)20-7-4-17(12-27-20)3-2-10-26/h4-7,11-12H,2-3,8-9,13-15H2,1H3,(H,28,30)(H,29,31). The highest BCUT2D eigenvalue weighted by Crippen LogP contribution is 2.55. The Kier molecular flexibility index (Phi) is 6.07. The van der Waals surface area contributed by atoms with E-state index in [-0.39, 0.29) is 29.5 Å². The molecule has 0 saturated heterocycles. The van der Waals surface area contributed by atoms with Crippen molar-refractivity contribution in [2.45, 2.75) is 56.5 Å². The lowest BCUT2D eigenvalue weighted by molar-refractivity contribution is -0.126. The van der Waals surface area contributed by atoms with Gasteiger partial charge in [0.1, 0.15) is 11.4 Å². The summed E-state index contributed by atoms with van der Waals surface area (Å²) in [5, 5.41) is 15.5. The number of fused-ring (bicyclic) bond motifs is 1. The number of nitrogens with one attached hydrogen (secondary N) is 2. The highest BCUT2D eigenvalue weighted by molar-refractivity contribution is 6.31. The molecule has 3 fully saturated rings. The van der Waals surface area contributed by atoms with Gasteiger partial charge in [-0.3, -0.25) is 14.6 Å². The fraction of sp³-hybridized carbons (Fsp3) is 0.417. The van der Waals surface area contributed by atoms with Gasteiger partial charge in [-0.25, -0.2) is 0 Å². The average Bonchev–Trinajstić information content (AvgIpc) is 3.28. The minimum Gasteiger partial charge on any atom is -0.484 e. The molecule has 7 nitrogen and oxygen atoms in total. The smallest absolute Gasteiger partial charge is 0.270 e. The van der Waals surface area contributed by atoms with Crippen molar-refractivity contribution < 1.29 is 14.3 Å². The highest BCUT2D eigenvalue weighted by atomic mass is 35.5. The molecule has 3 saturated carbocycles. The summed E-state index contributed by atoms with van der Waals surface area (Å²) < 4.78 is 5.59. The Hall–Kier alpha value is -3.11. The topological polar surface area (TPSA) is 104 Å². The van der Waals surface area contributed by atoms with Crippen molar-refractivity contribution >= 4 is 23.4 Å². The molecule has 2 N–H and O–H groups in total. The molecule has 2 amide bonds. The molecule has 1 heterocycles. The van der Waals surface area contributed by atoms with Crippen molar-refractivity contribution in [3.05, 3.63) is 58.4 Å². The third-order valence-electron chi connectivity index (χ3n) is 6.30. The van der Waals surface area contributed by atoms with Gasteiger partial charge in [-0.1, -0.05) is 17.7 Å². The summed E-state index contributed by atoms with van der Waals surface area (Å²) in [6.45, 7) is 1.82. The molecule has 2 aromatic rings. The van der Waals surface area contributed by atoms with E-state index in [0.29, 0.717) is 42.1 Å². The molecule has 0 aliphatic heterocycles. The van der Waals surface area contributed by atoms with E-state index in [9.17, 15) is 9.59 Å². The molecular formula is C24H25ClN4O3. The van der Waals surface area contributed by atoms with E-state index >= 15 is 0 Å². The molecule has 0 spiro atoms. The SMILES string of the molecule is Cc1cc(OCC(=O)NC23CCC(NC(=O)c4ccc(CCC#N)cn4)(C2)C3)ccc1Cl. The minimum absolute atomic E-state index is 0.0652. The molecule has 0 atom stereocenters. The lowest BCUT2D eigenvalue weighted by Gasteiger charge is -2.48. The van der Waals surface area contributed by atoms with E-state index in [1.807, 2.05) is 13.0 Å². The molecule has 2 bridgehead atoms. The summed E-state index contributed by atoms with van der Waals surface area (Å²) in [5.74, 6) is 0.224. The number of rotatable bonds is 8. The summed E-state index contributed by atoms with van der Waals surface area (Å²) in [6, 6.07) is 10.9. The summed E-state index contributed by atoms with van der Waals surface area (Å²) in [7, 11) is 0. The van der Waals surface area contributed by atoms with Gasteiger partial charge in [0.05, 0.1) is 6.07 Å². The third kappa shape index (κ3) is 4.71. The predicted molar refractivity (Wildman–Crippen MR) is 119 cm³/mol. The quantitative estimate of drug-likeness (QED) is 0.638. The number of halogens is 1. The molecule has 1 aromatic carbocycles. The van der Waals surface area contributed by atoms with Crippen molar-refractivity contribution in [2.24, 2.45) is 0 Å². The molecular weight excluding hydrogens is 428 g/mol. The van der Waals surface area contributed by atoms with E-state index in [1.165, 1.54) is 0 Å². The number of carbonyl (C=O) groups excluding carboxylic acids is 2. The molecule has 32 heavy (non-hydrogen) atoms.